The minimum atomic E-state index is 1.09. The van der Waals surface area contributed by atoms with E-state index in [4.69, 9.17) is 5.26 Å². The molecular weight excluding hydrogens is 249 g/mol. The zero-order valence-corrected chi connectivity index (χ0v) is 7.95. The van der Waals surface area contributed by atoms with Crippen LogP contribution < -0.4 is 0 Å². The largest absolute Gasteiger partial charge is 0.193 e. The third-order valence-electron chi connectivity index (χ3n) is 1.24. The first-order valence-corrected chi connectivity index (χ1v) is 4.23. The molecule has 0 amide bonds. The van der Waals surface area contributed by atoms with Crippen molar-refractivity contribution in [3.05, 3.63) is 39.5 Å². The highest BCUT2D eigenvalue weighted by molar-refractivity contribution is 14.1. The molecule has 0 N–H and O–H groups in total. The average Bonchev–Trinajstić information content (AvgIpc) is 2.03. The third kappa shape index (κ3) is 2.35. The molecule has 0 spiro atoms. The quantitative estimate of drug-likeness (QED) is 0.559. The lowest BCUT2D eigenvalue weighted by Gasteiger charge is -1.93. The van der Waals surface area contributed by atoms with E-state index in [9.17, 15) is 0 Å². The smallest absolute Gasteiger partial charge is 0.0912 e. The average molecular weight is 255 g/mol. The first-order chi connectivity index (χ1) is 5.34. The van der Waals surface area contributed by atoms with Crippen molar-refractivity contribution in [2.75, 3.05) is 0 Å². The van der Waals surface area contributed by atoms with Crippen LogP contribution in [-0.2, 0) is 0 Å². The van der Waals surface area contributed by atoms with Gasteiger partial charge in [0.25, 0.3) is 0 Å². The Bertz CT molecular complexity index is 310. The monoisotopic (exact) mass is 255 g/mol. The van der Waals surface area contributed by atoms with E-state index in [0.717, 1.165) is 9.13 Å². The molecule has 0 aliphatic carbocycles. The van der Waals surface area contributed by atoms with Crippen molar-refractivity contribution in [2.24, 2.45) is 0 Å². The molecule has 0 saturated carbocycles. The molecule has 1 nitrogen and oxygen atoms in total. The van der Waals surface area contributed by atoms with Crippen LogP contribution in [0.25, 0.3) is 6.08 Å². The fraction of sp³-hybridized carbons (Fsp3) is 0. The molecule has 11 heavy (non-hydrogen) atoms. The highest BCUT2D eigenvalue weighted by atomic mass is 127. The number of nitriles is 1. The van der Waals surface area contributed by atoms with E-state index < -0.39 is 0 Å². The summed E-state index contributed by atoms with van der Waals surface area (Å²) in [5.74, 6) is 0. The summed E-state index contributed by atoms with van der Waals surface area (Å²) in [7, 11) is 0. The number of benzene rings is 1. The van der Waals surface area contributed by atoms with E-state index in [1.165, 1.54) is 6.08 Å². The van der Waals surface area contributed by atoms with Crippen LogP contribution in [0.2, 0.25) is 0 Å². The van der Waals surface area contributed by atoms with Gasteiger partial charge in [0, 0.05) is 9.65 Å². The van der Waals surface area contributed by atoms with Gasteiger partial charge in [-0.05, 0) is 40.3 Å². The van der Waals surface area contributed by atoms with Gasteiger partial charge in [-0.3, -0.25) is 0 Å². The van der Waals surface area contributed by atoms with E-state index in [1.807, 2.05) is 36.4 Å². The molecule has 0 saturated heterocycles. The van der Waals surface area contributed by atoms with Crippen molar-refractivity contribution >= 4 is 28.7 Å². The summed E-state index contributed by atoms with van der Waals surface area (Å²) in [4.78, 5) is 0. The molecule has 1 rings (SSSR count). The van der Waals surface area contributed by atoms with Gasteiger partial charge >= 0.3 is 0 Å². The first-order valence-electron chi connectivity index (χ1n) is 3.15. The Balaban J connectivity index is 2.97. The number of halogens is 1. The molecule has 0 fully saturated rings. The highest BCUT2D eigenvalue weighted by Crippen LogP contribution is 2.12. The molecule has 0 unspecified atom stereocenters. The van der Waals surface area contributed by atoms with E-state index in [2.05, 4.69) is 22.6 Å². The maximum atomic E-state index is 8.28. The summed E-state index contributed by atoms with van der Waals surface area (Å²) in [6.45, 7) is 0. The molecular formula is C9H6IN. The van der Waals surface area contributed by atoms with Crippen molar-refractivity contribution in [3.8, 4) is 6.07 Å². The lowest BCUT2D eigenvalue weighted by Crippen LogP contribution is -1.76. The molecule has 54 valence electrons. The zero-order valence-electron chi connectivity index (χ0n) is 5.79. The Hall–Kier alpha value is -0.820. The predicted molar refractivity (Wildman–Crippen MR) is 53.8 cm³/mol. The van der Waals surface area contributed by atoms with Crippen LogP contribution in [0.4, 0.5) is 0 Å². The molecule has 0 aromatic heterocycles. The van der Waals surface area contributed by atoms with E-state index in [0.29, 0.717) is 0 Å². The van der Waals surface area contributed by atoms with E-state index >= 15 is 0 Å². The number of nitrogens with zero attached hydrogens (tertiary/aromatic N) is 1. The topological polar surface area (TPSA) is 23.8 Å². The Kier molecular flexibility index (Phi) is 3.12. The van der Waals surface area contributed by atoms with Crippen molar-refractivity contribution in [3.63, 3.8) is 0 Å². The Morgan fingerprint density at radius 1 is 1.36 bits per heavy atom. The van der Waals surface area contributed by atoms with Crippen LogP contribution >= 0.6 is 22.6 Å². The van der Waals surface area contributed by atoms with E-state index in [-0.39, 0.29) is 0 Å². The molecule has 0 aliphatic rings. The van der Waals surface area contributed by atoms with Gasteiger partial charge in [0.15, 0.2) is 0 Å². The predicted octanol–water partition coefficient (Wildman–Crippen LogP) is 2.83. The van der Waals surface area contributed by atoms with Gasteiger partial charge in [0.1, 0.15) is 0 Å². The molecule has 1 aromatic rings. The van der Waals surface area contributed by atoms with Crippen molar-refractivity contribution in [2.45, 2.75) is 0 Å². The Labute approximate surface area is 79.5 Å². The van der Waals surface area contributed by atoms with Crippen LogP contribution in [0.15, 0.2) is 30.3 Å². The maximum Gasteiger partial charge on any atom is 0.0912 e. The highest BCUT2D eigenvalue weighted by Gasteiger charge is 1.90. The second-order valence-corrected chi connectivity index (χ2v) is 3.15. The van der Waals surface area contributed by atoms with E-state index in [1.54, 1.807) is 0 Å². The van der Waals surface area contributed by atoms with Gasteiger partial charge in [-0.15, -0.1) is 0 Å². The van der Waals surface area contributed by atoms with Gasteiger partial charge in [0.2, 0.25) is 0 Å². The molecule has 0 atom stereocenters. The Morgan fingerprint density at radius 2 is 2.09 bits per heavy atom. The van der Waals surface area contributed by atoms with Gasteiger partial charge in [-0.1, -0.05) is 18.2 Å². The minimum absolute atomic E-state index is 1.09. The lowest BCUT2D eigenvalue weighted by molar-refractivity contribution is 1.53. The normalized spacial score (nSPS) is 9.82. The molecule has 0 heterocycles. The van der Waals surface area contributed by atoms with Crippen LogP contribution in [0.3, 0.4) is 0 Å². The molecule has 1 aromatic carbocycles. The second-order valence-electron chi connectivity index (χ2n) is 1.98. The summed E-state index contributed by atoms with van der Waals surface area (Å²) >= 11 is 2.24. The fourth-order valence-electron chi connectivity index (χ4n) is 0.737. The fourth-order valence-corrected chi connectivity index (χ4v) is 1.30. The summed E-state index contributed by atoms with van der Waals surface area (Å²) in [6.07, 6.45) is 3.29. The molecule has 0 aliphatic heterocycles. The number of hydrogen-bond donors (Lipinski definition) is 0. The van der Waals surface area contributed by atoms with Crippen LogP contribution in [0, 0.1) is 14.9 Å². The SMILES string of the molecule is N#C/C=C/c1ccccc1I. The molecule has 0 radical (unpaired) electrons. The number of rotatable bonds is 1. The maximum absolute atomic E-state index is 8.28. The van der Waals surface area contributed by atoms with Crippen molar-refractivity contribution < 1.29 is 0 Å². The number of allylic oxidation sites excluding steroid dienone is 1. The third-order valence-corrected chi connectivity index (χ3v) is 2.23. The van der Waals surface area contributed by atoms with Crippen LogP contribution in [0.5, 0.6) is 0 Å². The zero-order chi connectivity index (χ0) is 8.10. The molecule has 2 heteroatoms. The summed E-state index contributed by atoms with van der Waals surface area (Å²) in [6, 6.07) is 9.89. The molecule has 0 bridgehead atoms. The first kappa shape index (κ1) is 8.28. The van der Waals surface area contributed by atoms with Gasteiger partial charge in [0.05, 0.1) is 6.07 Å². The van der Waals surface area contributed by atoms with Gasteiger partial charge < -0.3 is 0 Å². The van der Waals surface area contributed by atoms with Gasteiger partial charge in [-0.25, -0.2) is 0 Å². The Morgan fingerprint density at radius 3 is 2.73 bits per heavy atom. The number of hydrogen-bond acceptors (Lipinski definition) is 1. The lowest BCUT2D eigenvalue weighted by atomic mass is 10.2. The van der Waals surface area contributed by atoms with Crippen molar-refractivity contribution in [1.29, 1.82) is 5.26 Å². The van der Waals surface area contributed by atoms with Crippen LogP contribution in [-0.4, -0.2) is 0 Å². The van der Waals surface area contributed by atoms with Crippen LogP contribution in [0.1, 0.15) is 5.56 Å². The minimum Gasteiger partial charge on any atom is -0.193 e. The summed E-state index contributed by atoms with van der Waals surface area (Å²) < 4.78 is 1.16. The standard InChI is InChI=1S/C9H6IN/c10-9-6-2-1-4-8(9)5-3-7-11/h1-6H/b5-3+. The second kappa shape index (κ2) is 4.14. The summed E-state index contributed by atoms with van der Waals surface area (Å²) in [5.41, 5.74) is 1.09. The van der Waals surface area contributed by atoms with Crippen molar-refractivity contribution in [1.82, 2.24) is 0 Å². The van der Waals surface area contributed by atoms with Gasteiger partial charge in [-0.2, -0.15) is 5.26 Å². The summed E-state index contributed by atoms with van der Waals surface area (Å²) in [5, 5.41) is 8.28.